The van der Waals surface area contributed by atoms with Crippen molar-refractivity contribution >= 4 is 0 Å². The molecular formula is C14H21NO2. The fraction of sp³-hybridized carbons (Fsp3) is 0.571. The van der Waals surface area contributed by atoms with E-state index in [-0.39, 0.29) is 0 Å². The molecule has 0 heterocycles. The molecule has 0 radical (unpaired) electrons. The van der Waals surface area contributed by atoms with Crippen LogP contribution in [0.5, 0.6) is 11.5 Å². The van der Waals surface area contributed by atoms with Gasteiger partial charge in [-0.25, -0.2) is 0 Å². The van der Waals surface area contributed by atoms with Gasteiger partial charge in [0.05, 0.1) is 14.2 Å². The van der Waals surface area contributed by atoms with Crippen LogP contribution in [0, 0.1) is 5.92 Å². The van der Waals surface area contributed by atoms with Gasteiger partial charge < -0.3 is 14.8 Å². The lowest BCUT2D eigenvalue weighted by Crippen LogP contribution is -2.27. The second-order valence-electron chi connectivity index (χ2n) is 4.61. The van der Waals surface area contributed by atoms with Crippen LogP contribution in [-0.4, -0.2) is 20.8 Å². The average Bonchev–Trinajstić information content (AvgIpc) is 2.32. The zero-order valence-electron chi connectivity index (χ0n) is 10.7. The highest BCUT2D eigenvalue weighted by molar-refractivity contribution is 5.40. The van der Waals surface area contributed by atoms with Crippen molar-refractivity contribution in [3.63, 3.8) is 0 Å². The van der Waals surface area contributed by atoms with E-state index < -0.39 is 0 Å². The number of nitrogens with one attached hydrogen (secondary N) is 1. The Morgan fingerprint density at radius 3 is 2.65 bits per heavy atom. The van der Waals surface area contributed by atoms with Gasteiger partial charge in [-0.1, -0.05) is 12.5 Å². The first kappa shape index (κ1) is 12.2. The van der Waals surface area contributed by atoms with Crippen LogP contribution in [0.25, 0.3) is 0 Å². The minimum absolute atomic E-state index is 0.838. The molecule has 1 N–H and O–H groups in total. The van der Waals surface area contributed by atoms with Crippen molar-refractivity contribution < 1.29 is 9.47 Å². The van der Waals surface area contributed by atoms with Crippen molar-refractivity contribution in [3.8, 4) is 11.5 Å². The van der Waals surface area contributed by atoms with E-state index in [0.29, 0.717) is 0 Å². The number of hydrogen-bond acceptors (Lipinski definition) is 3. The molecule has 1 aliphatic rings. The van der Waals surface area contributed by atoms with Gasteiger partial charge in [0.1, 0.15) is 11.5 Å². The summed E-state index contributed by atoms with van der Waals surface area (Å²) in [6, 6.07) is 5.97. The van der Waals surface area contributed by atoms with Crippen molar-refractivity contribution in [2.24, 2.45) is 5.92 Å². The molecule has 0 aromatic heterocycles. The lowest BCUT2D eigenvalue weighted by molar-refractivity contribution is 0.300. The summed E-state index contributed by atoms with van der Waals surface area (Å²) in [4.78, 5) is 0. The van der Waals surface area contributed by atoms with E-state index in [1.54, 1.807) is 14.2 Å². The van der Waals surface area contributed by atoms with Gasteiger partial charge in [-0.05, 0) is 31.4 Å². The lowest BCUT2D eigenvalue weighted by atomic mass is 9.85. The lowest BCUT2D eigenvalue weighted by Gasteiger charge is -2.25. The molecule has 0 saturated heterocycles. The van der Waals surface area contributed by atoms with E-state index >= 15 is 0 Å². The highest BCUT2D eigenvalue weighted by atomic mass is 16.5. The third-order valence-corrected chi connectivity index (χ3v) is 3.47. The maximum Gasteiger partial charge on any atom is 0.127 e. The quantitative estimate of drug-likeness (QED) is 0.822. The van der Waals surface area contributed by atoms with E-state index in [4.69, 9.17) is 9.47 Å². The Kier molecular flexibility index (Phi) is 4.26. The molecule has 1 saturated carbocycles. The van der Waals surface area contributed by atoms with Gasteiger partial charge in [-0.2, -0.15) is 0 Å². The Labute approximate surface area is 103 Å². The molecule has 1 aliphatic carbocycles. The van der Waals surface area contributed by atoms with E-state index in [1.165, 1.54) is 24.8 Å². The Morgan fingerprint density at radius 2 is 2.06 bits per heavy atom. The summed E-state index contributed by atoms with van der Waals surface area (Å²) in [6.45, 7) is 1.98. The van der Waals surface area contributed by atoms with Crippen molar-refractivity contribution in [2.75, 3.05) is 20.8 Å². The molecule has 1 aromatic rings. The fourth-order valence-electron chi connectivity index (χ4n) is 2.11. The second-order valence-corrected chi connectivity index (χ2v) is 4.61. The number of ether oxygens (including phenoxy) is 2. The number of hydrogen-bond donors (Lipinski definition) is 1. The summed E-state index contributed by atoms with van der Waals surface area (Å²) in [5.41, 5.74) is 1.19. The topological polar surface area (TPSA) is 30.5 Å². The first-order valence-corrected chi connectivity index (χ1v) is 6.25. The maximum absolute atomic E-state index is 5.37. The van der Waals surface area contributed by atoms with Gasteiger partial charge in [0, 0.05) is 18.2 Å². The zero-order valence-corrected chi connectivity index (χ0v) is 10.7. The van der Waals surface area contributed by atoms with Gasteiger partial charge in [0.25, 0.3) is 0 Å². The van der Waals surface area contributed by atoms with Crippen LogP contribution in [0.2, 0.25) is 0 Å². The van der Waals surface area contributed by atoms with Crippen LogP contribution in [0.3, 0.4) is 0 Å². The summed E-state index contributed by atoms with van der Waals surface area (Å²) >= 11 is 0. The molecule has 94 valence electrons. The summed E-state index contributed by atoms with van der Waals surface area (Å²) in [5.74, 6) is 2.62. The second kappa shape index (κ2) is 5.92. The summed E-state index contributed by atoms with van der Waals surface area (Å²) in [5, 5.41) is 3.49. The monoisotopic (exact) mass is 235 g/mol. The first-order valence-electron chi connectivity index (χ1n) is 6.25. The van der Waals surface area contributed by atoms with Crippen molar-refractivity contribution in [1.82, 2.24) is 5.32 Å². The average molecular weight is 235 g/mol. The van der Waals surface area contributed by atoms with Gasteiger partial charge in [-0.3, -0.25) is 0 Å². The minimum atomic E-state index is 0.838. The third-order valence-electron chi connectivity index (χ3n) is 3.47. The van der Waals surface area contributed by atoms with Gasteiger partial charge in [0.2, 0.25) is 0 Å². The minimum Gasteiger partial charge on any atom is -0.497 e. The van der Waals surface area contributed by atoms with E-state index in [0.717, 1.165) is 30.5 Å². The number of rotatable bonds is 6. The summed E-state index contributed by atoms with van der Waals surface area (Å²) in [7, 11) is 3.37. The van der Waals surface area contributed by atoms with Gasteiger partial charge in [0.15, 0.2) is 0 Å². The van der Waals surface area contributed by atoms with Crippen LogP contribution in [-0.2, 0) is 6.54 Å². The molecule has 0 amide bonds. The zero-order chi connectivity index (χ0) is 12.1. The Balaban J connectivity index is 1.89. The predicted octanol–water partition coefficient (Wildman–Crippen LogP) is 2.59. The smallest absolute Gasteiger partial charge is 0.127 e. The number of methoxy groups -OCH3 is 2. The highest BCUT2D eigenvalue weighted by Gasteiger charge is 2.16. The van der Waals surface area contributed by atoms with Gasteiger partial charge >= 0.3 is 0 Å². The molecule has 1 aromatic carbocycles. The molecule has 0 aliphatic heterocycles. The molecule has 0 spiro atoms. The fourth-order valence-corrected chi connectivity index (χ4v) is 2.11. The molecule has 0 unspecified atom stereocenters. The Bertz CT molecular complexity index is 361. The summed E-state index contributed by atoms with van der Waals surface area (Å²) < 4.78 is 10.5. The highest BCUT2D eigenvalue weighted by Crippen LogP contribution is 2.26. The van der Waals surface area contributed by atoms with Crippen LogP contribution in [0.1, 0.15) is 24.8 Å². The summed E-state index contributed by atoms with van der Waals surface area (Å²) in [6.07, 6.45) is 4.16. The largest absolute Gasteiger partial charge is 0.497 e. The molecule has 1 fully saturated rings. The molecule has 0 atom stereocenters. The first-order chi connectivity index (χ1) is 8.33. The van der Waals surface area contributed by atoms with Crippen LogP contribution in [0.4, 0.5) is 0 Å². The predicted molar refractivity (Wildman–Crippen MR) is 68.6 cm³/mol. The van der Waals surface area contributed by atoms with Crippen LogP contribution >= 0.6 is 0 Å². The Hall–Kier alpha value is -1.22. The number of benzene rings is 1. The Morgan fingerprint density at radius 1 is 1.24 bits per heavy atom. The van der Waals surface area contributed by atoms with E-state index in [1.807, 2.05) is 12.1 Å². The molecule has 3 heteroatoms. The van der Waals surface area contributed by atoms with Crippen molar-refractivity contribution in [3.05, 3.63) is 23.8 Å². The van der Waals surface area contributed by atoms with Gasteiger partial charge in [-0.15, -0.1) is 0 Å². The molecule has 17 heavy (non-hydrogen) atoms. The van der Waals surface area contributed by atoms with Crippen molar-refractivity contribution in [1.29, 1.82) is 0 Å². The molecule has 2 rings (SSSR count). The van der Waals surface area contributed by atoms with Crippen LogP contribution in [0.15, 0.2) is 18.2 Å². The third kappa shape index (κ3) is 3.13. The standard InChI is InChI=1S/C14H21NO2/c1-16-13-7-6-12(14(8-13)17-2)10-15-9-11-4-3-5-11/h6-8,11,15H,3-5,9-10H2,1-2H3. The van der Waals surface area contributed by atoms with E-state index in [9.17, 15) is 0 Å². The normalized spacial score (nSPS) is 15.4. The SMILES string of the molecule is COc1ccc(CNCC2CCC2)c(OC)c1. The van der Waals surface area contributed by atoms with Crippen molar-refractivity contribution in [2.45, 2.75) is 25.8 Å². The molecular weight excluding hydrogens is 214 g/mol. The van der Waals surface area contributed by atoms with E-state index in [2.05, 4.69) is 11.4 Å². The molecule has 0 bridgehead atoms. The van der Waals surface area contributed by atoms with Crippen LogP contribution < -0.4 is 14.8 Å². The maximum atomic E-state index is 5.37. The molecule has 3 nitrogen and oxygen atoms in total.